The van der Waals surface area contributed by atoms with Crippen LogP contribution in [0.15, 0.2) is 30.3 Å². The topological polar surface area (TPSA) is 29.1 Å². The van der Waals surface area contributed by atoms with Gasteiger partial charge in [-0.15, -0.1) is 11.6 Å². The van der Waals surface area contributed by atoms with Crippen molar-refractivity contribution in [3.8, 4) is 0 Å². The van der Waals surface area contributed by atoms with Crippen molar-refractivity contribution in [2.45, 2.75) is 31.1 Å². The van der Waals surface area contributed by atoms with E-state index < -0.39 is 0 Å². The van der Waals surface area contributed by atoms with Crippen molar-refractivity contribution >= 4 is 17.5 Å². The lowest BCUT2D eigenvalue weighted by molar-refractivity contribution is -0.126. The largest absolute Gasteiger partial charge is 0.354 e. The number of benzene rings is 1. The fraction of sp³-hybridized carbons (Fsp3) is 0.562. The Morgan fingerprint density at radius 3 is 2.68 bits per heavy atom. The summed E-state index contributed by atoms with van der Waals surface area (Å²) in [5, 5.41) is 2.90. The molecule has 0 radical (unpaired) electrons. The van der Waals surface area contributed by atoms with Crippen LogP contribution in [0.4, 0.5) is 0 Å². The van der Waals surface area contributed by atoms with Crippen molar-refractivity contribution in [1.82, 2.24) is 5.32 Å². The van der Waals surface area contributed by atoms with E-state index in [9.17, 15) is 4.79 Å². The molecule has 1 amide bonds. The standard InChI is InChI=1S/C16H20ClNO/c17-15(12-4-2-1-3-5-12)10-18-16(19)14-9-11-6-7-13(14)8-11/h1-5,11,13-15H,6-10H2,(H,18,19). The number of alkyl halides is 1. The fourth-order valence-corrected chi connectivity index (χ4v) is 3.89. The van der Waals surface area contributed by atoms with Crippen LogP contribution in [0, 0.1) is 17.8 Å². The van der Waals surface area contributed by atoms with Gasteiger partial charge >= 0.3 is 0 Å². The molecule has 102 valence electrons. The smallest absolute Gasteiger partial charge is 0.223 e. The molecule has 2 aliphatic carbocycles. The third-order valence-electron chi connectivity index (χ3n) is 4.69. The zero-order valence-electron chi connectivity index (χ0n) is 11.0. The molecular formula is C16H20ClNO. The summed E-state index contributed by atoms with van der Waals surface area (Å²) in [5.74, 6) is 1.91. The van der Waals surface area contributed by atoms with Crippen LogP contribution in [0.2, 0.25) is 0 Å². The van der Waals surface area contributed by atoms with Gasteiger partial charge in [-0.05, 0) is 36.7 Å². The minimum atomic E-state index is -0.135. The monoisotopic (exact) mass is 277 g/mol. The zero-order chi connectivity index (χ0) is 13.2. The summed E-state index contributed by atoms with van der Waals surface area (Å²) in [6.45, 7) is 0.526. The molecule has 0 spiro atoms. The Morgan fingerprint density at radius 2 is 2.05 bits per heavy atom. The molecule has 3 rings (SSSR count). The molecule has 0 aliphatic heterocycles. The lowest BCUT2D eigenvalue weighted by Crippen LogP contribution is -2.35. The lowest BCUT2D eigenvalue weighted by atomic mass is 9.88. The van der Waals surface area contributed by atoms with E-state index in [2.05, 4.69) is 5.32 Å². The number of carbonyl (C=O) groups is 1. The number of fused-ring (bicyclic) bond motifs is 2. The van der Waals surface area contributed by atoms with Crippen molar-refractivity contribution in [2.75, 3.05) is 6.54 Å². The second kappa shape index (κ2) is 5.54. The highest BCUT2D eigenvalue weighted by molar-refractivity contribution is 6.21. The molecule has 4 atom stereocenters. The Labute approximate surface area is 119 Å². The summed E-state index contributed by atoms with van der Waals surface area (Å²) < 4.78 is 0. The van der Waals surface area contributed by atoms with Crippen molar-refractivity contribution in [1.29, 1.82) is 0 Å². The van der Waals surface area contributed by atoms with E-state index in [1.165, 1.54) is 19.3 Å². The highest BCUT2D eigenvalue weighted by Gasteiger charge is 2.42. The first-order valence-corrected chi connectivity index (χ1v) is 7.64. The van der Waals surface area contributed by atoms with E-state index in [-0.39, 0.29) is 17.2 Å². The van der Waals surface area contributed by atoms with E-state index >= 15 is 0 Å². The van der Waals surface area contributed by atoms with E-state index in [1.807, 2.05) is 30.3 Å². The molecule has 19 heavy (non-hydrogen) atoms. The Balaban J connectivity index is 1.51. The molecule has 1 aromatic rings. The molecule has 3 heteroatoms. The Bertz CT molecular complexity index is 447. The first-order chi connectivity index (χ1) is 9.24. The van der Waals surface area contributed by atoms with Crippen LogP contribution in [0.1, 0.15) is 36.6 Å². The average molecular weight is 278 g/mol. The van der Waals surface area contributed by atoms with Gasteiger partial charge in [0.1, 0.15) is 0 Å². The summed E-state index contributed by atoms with van der Waals surface area (Å²) >= 11 is 6.32. The maximum absolute atomic E-state index is 12.2. The van der Waals surface area contributed by atoms with Crippen LogP contribution in [-0.4, -0.2) is 12.5 Å². The predicted octanol–water partition coefficient (Wildman–Crippen LogP) is 3.52. The number of amides is 1. The quantitative estimate of drug-likeness (QED) is 0.839. The van der Waals surface area contributed by atoms with E-state index in [4.69, 9.17) is 11.6 Å². The normalized spacial score (nSPS) is 30.3. The molecule has 2 saturated carbocycles. The van der Waals surface area contributed by atoms with E-state index in [1.54, 1.807) is 0 Å². The molecule has 2 nitrogen and oxygen atoms in total. The molecule has 2 fully saturated rings. The second-order valence-corrected chi connectivity index (χ2v) is 6.43. The van der Waals surface area contributed by atoms with E-state index in [0.29, 0.717) is 12.5 Å². The third-order valence-corrected chi connectivity index (χ3v) is 5.10. The van der Waals surface area contributed by atoms with Gasteiger partial charge in [-0.3, -0.25) is 4.79 Å². The molecule has 4 unspecified atom stereocenters. The van der Waals surface area contributed by atoms with Crippen LogP contribution >= 0.6 is 11.6 Å². The predicted molar refractivity (Wildman–Crippen MR) is 77.0 cm³/mol. The van der Waals surface area contributed by atoms with Crippen molar-refractivity contribution < 1.29 is 4.79 Å². The van der Waals surface area contributed by atoms with Crippen LogP contribution < -0.4 is 5.32 Å². The molecule has 2 aliphatic rings. The molecule has 1 aromatic carbocycles. The Hall–Kier alpha value is -1.02. The van der Waals surface area contributed by atoms with Crippen molar-refractivity contribution in [2.24, 2.45) is 17.8 Å². The maximum atomic E-state index is 12.2. The Morgan fingerprint density at radius 1 is 1.26 bits per heavy atom. The van der Waals surface area contributed by atoms with Crippen LogP contribution in [-0.2, 0) is 4.79 Å². The van der Waals surface area contributed by atoms with Crippen molar-refractivity contribution in [3.63, 3.8) is 0 Å². The first kappa shape index (κ1) is 13.0. The van der Waals surface area contributed by atoms with E-state index in [0.717, 1.165) is 17.9 Å². The van der Waals surface area contributed by atoms with Crippen LogP contribution in [0.5, 0.6) is 0 Å². The summed E-state index contributed by atoms with van der Waals surface area (Å²) in [5.41, 5.74) is 1.07. The summed E-state index contributed by atoms with van der Waals surface area (Å²) in [6.07, 6.45) is 4.93. The number of hydrogen-bond donors (Lipinski definition) is 1. The zero-order valence-corrected chi connectivity index (χ0v) is 11.8. The first-order valence-electron chi connectivity index (χ1n) is 7.21. The van der Waals surface area contributed by atoms with Gasteiger partial charge in [0.05, 0.1) is 5.38 Å². The van der Waals surface area contributed by atoms with Crippen LogP contribution in [0.3, 0.4) is 0 Å². The van der Waals surface area contributed by atoms with Gasteiger partial charge in [0, 0.05) is 12.5 Å². The third kappa shape index (κ3) is 2.79. The summed E-state index contributed by atoms with van der Waals surface area (Å²) in [4.78, 5) is 12.2. The minimum absolute atomic E-state index is 0.135. The van der Waals surface area contributed by atoms with Crippen molar-refractivity contribution in [3.05, 3.63) is 35.9 Å². The van der Waals surface area contributed by atoms with Gasteiger partial charge in [-0.25, -0.2) is 0 Å². The van der Waals surface area contributed by atoms with Gasteiger partial charge in [-0.2, -0.15) is 0 Å². The van der Waals surface area contributed by atoms with Gasteiger partial charge in [0.25, 0.3) is 0 Å². The molecule has 0 heterocycles. The molecule has 0 aromatic heterocycles. The minimum Gasteiger partial charge on any atom is -0.354 e. The van der Waals surface area contributed by atoms with Gasteiger partial charge in [0.15, 0.2) is 0 Å². The summed E-state index contributed by atoms with van der Waals surface area (Å²) in [7, 11) is 0. The second-order valence-electron chi connectivity index (χ2n) is 5.90. The fourth-order valence-electron chi connectivity index (χ4n) is 3.67. The Kier molecular flexibility index (Phi) is 3.79. The molecular weight excluding hydrogens is 258 g/mol. The molecule has 2 bridgehead atoms. The van der Waals surface area contributed by atoms with Gasteiger partial charge < -0.3 is 5.32 Å². The SMILES string of the molecule is O=C(NCC(Cl)c1ccccc1)C1CC2CCC1C2. The number of nitrogens with one attached hydrogen (secondary N) is 1. The number of hydrogen-bond acceptors (Lipinski definition) is 1. The molecule has 1 N–H and O–H groups in total. The lowest BCUT2D eigenvalue weighted by Gasteiger charge is -2.21. The number of rotatable bonds is 4. The number of halogens is 1. The maximum Gasteiger partial charge on any atom is 0.223 e. The summed E-state index contributed by atoms with van der Waals surface area (Å²) in [6, 6.07) is 9.93. The highest BCUT2D eigenvalue weighted by Crippen LogP contribution is 2.48. The van der Waals surface area contributed by atoms with Gasteiger partial charge in [0.2, 0.25) is 5.91 Å². The van der Waals surface area contributed by atoms with Crippen LogP contribution in [0.25, 0.3) is 0 Å². The number of carbonyl (C=O) groups excluding carboxylic acids is 1. The molecule has 0 saturated heterocycles. The highest BCUT2D eigenvalue weighted by atomic mass is 35.5. The average Bonchev–Trinajstić information content (AvgIpc) is 3.08. The van der Waals surface area contributed by atoms with Gasteiger partial charge in [-0.1, -0.05) is 36.8 Å².